The quantitative estimate of drug-likeness (QED) is 0.372. The number of hydrogen-bond acceptors (Lipinski definition) is 0. The summed E-state index contributed by atoms with van der Waals surface area (Å²) in [7, 11) is 2.18. The molecule has 2 rings (SSSR count). The van der Waals surface area contributed by atoms with E-state index < -0.39 is 0 Å². The van der Waals surface area contributed by atoms with Gasteiger partial charge in [0.1, 0.15) is 12.4 Å². The van der Waals surface area contributed by atoms with Crippen molar-refractivity contribution >= 4 is 0 Å². The standard InChI is InChI=1S/C22H35N2/c1-3-4-5-6-7-8-12-17-22-23(2)19-20-24(22)18-13-16-21-14-10-9-11-15-21/h9-11,14-15,19-20H,3-8,12-13,16-18H2,1-2H3/q+1. The maximum absolute atomic E-state index is 2.46. The smallest absolute Gasteiger partial charge is 0.237 e. The predicted octanol–water partition coefficient (Wildman–Crippen LogP) is 5.24. The molecule has 1 aromatic carbocycles. The van der Waals surface area contributed by atoms with Crippen molar-refractivity contribution in [1.82, 2.24) is 4.57 Å². The molecule has 1 aromatic heterocycles. The molecule has 0 amide bonds. The van der Waals surface area contributed by atoms with Gasteiger partial charge in [-0.15, -0.1) is 0 Å². The topological polar surface area (TPSA) is 8.81 Å². The molecule has 132 valence electrons. The maximum atomic E-state index is 2.46. The van der Waals surface area contributed by atoms with Gasteiger partial charge in [0.25, 0.3) is 5.82 Å². The van der Waals surface area contributed by atoms with E-state index in [0.29, 0.717) is 0 Å². The van der Waals surface area contributed by atoms with Crippen molar-refractivity contribution in [2.45, 2.75) is 77.7 Å². The largest absolute Gasteiger partial charge is 0.256 e. The van der Waals surface area contributed by atoms with E-state index in [9.17, 15) is 0 Å². The van der Waals surface area contributed by atoms with Crippen LogP contribution < -0.4 is 4.57 Å². The summed E-state index contributed by atoms with van der Waals surface area (Å²) in [5.74, 6) is 1.48. The van der Waals surface area contributed by atoms with Crippen LogP contribution in [0.1, 0.15) is 69.7 Å². The molecule has 1 heterocycles. The van der Waals surface area contributed by atoms with E-state index in [1.807, 2.05) is 0 Å². The lowest BCUT2D eigenvalue weighted by Gasteiger charge is -2.04. The lowest BCUT2D eigenvalue weighted by Crippen LogP contribution is -2.32. The lowest BCUT2D eigenvalue weighted by molar-refractivity contribution is -0.678. The van der Waals surface area contributed by atoms with Crippen LogP contribution in [0.3, 0.4) is 0 Å². The van der Waals surface area contributed by atoms with E-state index >= 15 is 0 Å². The van der Waals surface area contributed by atoms with Gasteiger partial charge in [0.15, 0.2) is 0 Å². The molecule has 0 fully saturated rings. The van der Waals surface area contributed by atoms with Crippen LogP contribution >= 0.6 is 0 Å². The second-order valence-corrected chi connectivity index (χ2v) is 6.98. The minimum absolute atomic E-state index is 1.13. The van der Waals surface area contributed by atoms with Gasteiger partial charge in [0.2, 0.25) is 0 Å². The zero-order valence-corrected chi connectivity index (χ0v) is 15.7. The minimum atomic E-state index is 1.13. The number of aryl methyl sites for hydroxylation is 3. The number of hydrogen-bond donors (Lipinski definition) is 0. The number of nitrogens with zero attached hydrogens (tertiary/aromatic N) is 2. The molecule has 0 aliphatic rings. The first-order valence-electron chi connectivity index (χ1n) is 9.89. The first kappa shape index (κ1) is 18.8. The van der Waals surface area contributed by atoms with Gasteiger partial charge < -0.3 is 0 Å². The average molecular weight is 328 g/mol. The predicted molar refractivity (Wildman–Crippen MR) is 102 cm³/mol. The lowest BCUT2D eigenvalue weighted by atomic mass is 10.1. The third kappa shape index (κ3) is 6.51. The second kappa shape index (κ2) is 11.1. The Labute approximate surface area is 148 Å². The minimum Gasteiger partial charge on any atom is -0.237 e. The third-order valence-electron chi connectivity index (χ3n) is 4.92. The SMILES string of the molecule is CCCCCCCCCc1n(CCCc2ccccc2)cc[n+]1C. The zero-order chi connectivity index (χ0) is 17.0. The van der Waals surface area contributed by atoms with Crippen LogP contribution in [0.15, 0.2) is 42.7 Å². The fourth-order valence-electron chi connectivity index (χ4n) is 3.42. The van der Waals surface area contributed by atoms with Gasteiger partial charge in [0.05, 0.1) is 13.6 Å². The molecule has 0 radical (unpaired) electrons. The van der Waals surface area contributed by atoms with Crippen LogP contribution in [0.25, 0.3) is 0 Å². The Bertz CT molecular complexity index is 557. The molecule has 0 atom stereocenters. The van der Waals surface area contributed by atoms with Crippen LogP contribution in [0.4, 0.5) is 0 Å². The Morgan fingerprint density at radius 2 is 1.54 bits per heavy atom. The fourth-order valence-corrected chi connectivity index (χ4v) is 3.42. The second-order valence-electron chi connectivity index (χ2n) is 6.98. The van der Waals surface area contributed by atoms with Gasteiger partial charge in [-0.2, -0.15) is 0 Å². The molecule has 0 aliphatic carbocycles. The highest BCUT2D eigenvalue weighted by Crippen LogP contribution is 2.10. The van der Waals surface area contributed by atoms with Gasteiger partial charge in [-0.05, 0) is 24.8 Å². The summed E-state index contributed by atoms with van der Waals surface area (Å²) in [4.78, 5) is 0. The number of imidazole rings is 1. The van der Waals surface area contributed by atoms with Crippen LogP contribution in [-0.2, 0) is 26.4 Å². The van der Waals surface area contributed by atoms with E-state index in [-0.39, 0.29) is 0 Å². The summed E-state index contributed by atoms with van der Waals surface area (Å²) in [6, 6.07) is 10.8. The van der Waals surface area contributed by atoms with Crippen molar-refractivity contribution < 1.29 is 4.57 Å². The molecule has 24 heavy (non-hydrogen) atoms. The Balaban J connectivity index is 1.70. The van der Waals surface area contributed by atoms with Crippen molar-refractivity contribution in [2.75, 3.05) is 0 Å². The van der Waals surface area contributed by atoms with Crippen LogP contribution in [0.5, 0.6) is 0 Å². The number of rotatable bonds is 12. The summed E-state index contributed by atoms with van der Waals surface area (Å²) in [5, 5.41) is 0. The van der Waals surface area contributed by atoms with Gasteiger partial charge in [0, 0.05) is 6.42 Å². The summed E-state index contributed by atoms with van der Waals surface area (Å²) < 4.78 is 4.76. The first-order valence-corrected chi connectivity index (χ1v) is 9.89. The molecule has 0 saturated carbocycles. The number of benzene rings is 1. The molecule has 2 nitrogen and oxygen atoms in total. The highest BCUT2D eigenvalue weighted by Gasteiger charge is 2.13. The molecular weight excluding hydrogens is 292 g/mol. The maximum Gasteiger partial charge on any atom is 0.256 e. The molecule has 2 heteroatoms. The van der Waals surface area contributed by atoms with Crippen LogP contribution in [0, 0.1) is 0 Å². The normalized spacial score (nSPS) is 11.1. The highest BCUT2D eigenvalue weighted by atomic mass is 15.1. The Hall–Kier alpha value is -1.57. The van der Waals surface area contributed by atoms with Crippen LogP contribution in [0.2, 0.25) is 0 Å². The molecular formula is C22H35N2+. The Kier molecular flexibility index (Phi) is 8.65. The summed E-state index contributed by atoms with van der Waals surface area (Å²) in [6.45, 7) is 3.41. The van der Waals surface area contributed by atoms with Crippen molar-refractivity contribution in [3.05, 3.63) is 54.1 Å². The van der Waals surface area contributed by atoms with Crippen molar-refractivity contribution in [3.8, 4) is 0 Å². The first-order chi connectivity index (χ1) is 11.8. The van der Waals surface area contributed by atoms with Gasteiger partial charge in [-0.3, -0.25) is 0 Å². The van der Waals surface area contributed by atoms with Gasteiger partial charge in [-0.1, -0.05) is 75.8 Å². The van der Waals surface area contributed by atoms with Gasteiger partial charge >= 0.3 is 0 Å². The highest BCUT2D eigenvalue weighted by molar-refractivity contribution is 5.14. The van der Waals surface area contributed by atoms with E-state index in [4.69, 9.17) is 0 Å². The Morgan fingerprint density at radius 3 is 2.29 bits per heavy atom. The summed E-state index contributed by atoms with van der Waals surface area (Å²) in [5.41, 5.74) is 1.45. The summed E-state index contributed by atoms with van der Waals surface area (Å²) in [6.07, 6.45) is 17.7. The molecule has 0 N–H and O–H groups in total. The van der Waals surface area contributed by atoms with Crippen molar-refractivity contribution in [2.24, 2.45) is 7.05 Å². The molecule has 0 saturated heterocycles. The number of aromatic nitrogens is 2. The molecule has 0 bridgehead atoms. The van der Waals surface area contributed by atoms with E-state index in [1.54, 1.807) is 0 Å². The van der Waals surface area contributed by atoms with E-state index in [2.05, 4.69) is 65.8 Å². The molecule has 0 unspecified atom stereocenters. The fraction of sp³-hybridized carbons (Fsp3) is 0.591. The van der Waals surface area contributed by atoms with Gasteiger partial charge in [-0.25, -0.2) is 9.13 Å². The van der Waals surface area contributed by atoms with Crippen LogP contribution in [-0.4, -0.2) is 4.57 Å². The summed E-state index contributed by atoms with van der Waals surface area (Å²) >= 11 is 0. The number of unbranched alkanes of at least 4 members (excludes halogenated alkanes) is 6. The molecule has 0 aliphatic heterocycles. The van der Waals surface area contributed by atoms with E-state index in [0.717, 1.165) is 6.54 Å². The molecule has 2 aromatic rings. The van der Waals surface area contributed by atoms with E-state index in [1.165, 1.54) is 75.6 Å². The Morgan fingerprint density at radius 1 is 0.833 bits per heavy atom. The monoisotopic (exact) mass is 327 g/mol. The molecule has 0 spiro atoms. The third-order valence-corrected chi connectivity index (χ3v) is 4.92. The zero-order valence-electron chi connectivity index (χ0n) is 15.7. The average Bonchev–Trinajstić information content (AvgIpc) is 2.95. The van der Waals surface area contributed by atoms with Crippen molar-refractivity contribution in [3.63, 3.8) is 0 Å². The van der Waals surface area contributed by atoms with Crippen molar-refractivity contribution in [1.29, 1.82) is 0 Å².